The van der Waals surface area contributed by atoms with Crippen LogP contribution < -0.4 is 27.1 Å². The van der Waals surface area contributed by atoms with Crippen molar-refractivity contribution >= 4 is 69.8 Å². The number of nitrogens with one attached hydrogen (secondary N) is 2. The van der Waals surface area contributed by atoms with Gasteiger partial charge in [-0.2, -0.15) is 25.3 Å². The molecule has 14 nitrogen and oxygen atoms in total. The zero-order valence-electron chi connectivity index (χ0n) is 29.9. The maximum Gasteiger partial charge on any atom is 0.301 e. The zero-order chi connectivity index (χ0) is 39.8. The van der Waals surface area contributed by atoms with Crippen LogP contribution in [-0.4, -0.2) is 38.9 Å². The molecule has 0 spiro atoms. The molecule has 0 saturated carbocycles. The number of benzene rings is 5. The van der Waals surface area contributed by atoms with Gasteiger partial charge in [-0.3, -0.25) is 13.7 Å². The van der Waals surface area contributed by atoms with Crippen molar-refractivity contribution in [3.63, 3.8) is 0 Å². The van der Waals surface area contributed by atoms with Crippen molar-refractivity contribution in [1.29, 1.82) is 0 Å². The summed E-state index contributed by atoms with van der Waals surface area (Å²) in [7, 11) is -15.0. The first-order chi connectivity index (χ1) is 25.0. The SMILES string of the molecule is Cc1cc(C)c(Nc2cc3oc4cc(=[NH+]c5c(C)cc(C)c(N)c5C)c(S(=O)(=O)O)cc-4c(-c4ccccc4S(=O)(=O)O)c3cc2S(=O)(=O)O)c(C)c1N. The van der Waals surface area contributed by atoms with E-state index in [1.165, 1.54) is 30.3 Å². The number of aryl methyl sites for hydroxylation is 4. The molecular weight excluding hydrogens is 757 g/mol. The van der Waals surface area contributed by atoms with Gasteiger partial charge < -0.3 is 21.2 Å². The van der Waals surface area contributed by atoms with E-state index in [0.29, 0.717) is 45.0 Å². The van der Waals surface area contributed by atoms with Crippen LogP contribution in [0.25, 0.3) is 33.4 Å². The summed E-state index contributed by atoms with van der Waals surface area (Å²) < 4.78 is 115. The first kappa shape index (κ1) is 38.4. The Morgan fingerprint density at radius 3 is 1.81 bits per heavy atom. The van der Waals surface area contributed by atoms with Gasteiger partial charge in [0.1, 0.15) is 21.1 Å². The van der Waals surface area contributed by atoms with E-state index in [0.717, 1.165) is 29.3 Å². The number of anilines is 4. The highest BCUT2D eigenvalue weighted by Gasteiger charge is 2.30. The number of nitrogen functional groups attached to an aromatic ring is 2. The van der Waals surface area contributed by atoms with Crippen molar-refractivity contribution < 1.29 is 48.3 Å². The van der Waals surface area contributed by atoms with Crippen molar-refractivity contribution in [3.8, 4) is 22.5 Å². The van der Waals surface area contributed by atoms with Crippen molar-refractivity contribution in [3.05, 3.63) is 99.4 Å². The first-order valence-corrected chi connectivity index (χ1v) is 20.5. The van der Waals surface area contributed by atoms with Gasteiger partial charge in [-0.05, 0) is 88.1 Å². The van der Waals surface area contributed by atoms with E-state index >= 15 is 0 Å². The highest BCUT2D eigenvalue weighted by atomic mass is 32.2. The Kier molecular flexibility index (Phi) is 9.41. The van der Waals surface area contributed by atoms with E-state index in [4.69, 9.17) is 15.9 Å². The summed E-state index contributed by atoms with van der Waals surface area (Å²) in [4.78, 5) is 1.16. The molecule has 0 radical (unpaired) electrons. The quantitative estimate of drug-likeness (QED) is 0.0638. The fourth-order valence-corrected chi connectivity index (χ4v) is 8.82. The summed E-state index contributed by atoms with van der Waals surface area (Å²) in [5.74, 6) is -0.0505. The summed E-state index contributed by atoms with van der Waals surface area (Å²) in [6.45, 7) is 10.7. The van der Waals surface area contributed by atoms with Crippen LogP contribution in [0.5, 0.6) is 0 Å². The maximum absolute atomic E-state index is 13.0. The van der Waals surface area contributed by atoms with Crippen LogP contribution in [0.4, 0.5) is 28.4 Å². The summed E-state index contributed by atoms with van der Waals surface area (Å²) >= 11 is 0. The molecule has 4 aromatic carbocycles. The molecule has 0 saturated heterocycles. The number of fused-ring (bicyclic) bond motifs is 2. The van der Waals surface area contributed by atoms with E-state index in [2.05, 4.69) is 10.3 Å². The third kappa shape index (κ3) is 6.81. The molecule has 0 amide bonds. The van der Waals surface area contributed by atoms with Crippen molar-refractivity contribution in [2.24, 2.45) is 0 Å². The van der Waals surface area contributed by atoms with Crippen LogP contribution in [0.3, 0.4) is 0 Å². The van der Waals surface area contributed by atoms with Gasteiger partial charge in [0, 0.05) is 56.3 Å². The Morgan fingerprint density at radius 2 is 1.20 bits per heavy atom. The molecule has 9 N–H and O–H groups in total. The van der Waals surface area contributed by atoms with Gasteiger partial charge in [-0.25, -0.2) is 4.99 Å². The second-order valence-corrected chi connectivity index (χ2v) is 17.4. The Labute approximate surface area is 311 Å². The van der Waals surface area contributed by atoms with Crippen molar-refractivity contribution in [1.82, 2.24) is 0 Å². The van der Waals surface area contributed by atoms with Crippen LogP contribution >= 0.6 is 0 Å². The van der Waals surface area contributed by atoms with Crippen molar-refractivity contribution in [2.45, 2.75) is 56.2 Å². The standard InChI is InChI=1S/C37H36N4O10S3/c1-17-11-19(3)36(21(5)34(17)38)40-26-15-28-24(13-31(26)53(45,46)47)33(23-9-7-8-10-30(23)52(42,43)44)25-14-32(54(48,49)50)27(16-29(25)51-28)41-37-20(4)12-18(2)35(39)22(37)6/h7-16,40H,38-39H2,1-6H3,(H,42,43,44)(H,45,46,47)(H,48,49,50)/p+1. The Morgan fingerprint density at radius 1 is 0.630 bits per heavy atom. The number of hydrogen-bond donors (Lipinski definition) is 7. The number of hydrogen-bond acceptors (Lipinski definition) is 10. The molecule has 0 aromatic heterocycles. The van der Waals surface area contributed by atoms with E-state index in [9.17, 15) is 38.9 Å². The summed E-state index contributed by atoms with van der Waals surface area (Å²) in [5, 5.41) is 2.83. The molecule has 1 aliphatic heterocycles. The fraction of sp³-hybridized carbons (Fsp3) is 0.162. The van der Waals surface area contributed by atoms with Gasteiger partial charge in [-0.15, -0.1) is 0 Å². The lowest BCUT2D eigenvalue weighted by Gasteiger charge is -2.21. The largest absolute Gasteiger partial charge is 0.456 e. The van der Waals surface area contributed by atoms with Crippen LogP contribution in [0.15, 0.2) is 79.8 Å². The van der Waals surface area contributed by atoms with Gasteiger partial charge in [0.05, 0.1) is 11.8 Å². The molecule has 0 fully saturated rings. The molecule has 0 unspecified atom stereocenters. The molecule has 2 aliphatic rings. The lowest BCUT2D eigenvalue weighted by atomic mass is 9.93. The van der Waals surface area contributed by atoms with E-state index in [-0.39, 0.29) is 44.5 Å². The Hall–Kier alpha value is -5.30. The van der Waals surface area contributed by atoms with Crippen molar-refractivity contribution in [2.75, 3.05) is 16.8 Å². The van der Waals surface area contributed by atoms with E-state index in [1.807, 2.05) is 13.8 Å². The Balaban J connectivity index is 1.83. The second-order valence-electron chi connectivity index (χ2n) is 13.2. The fourth-order valence-electron chi connectivity index (χ4n) is 6.81. The summed E-state index contributed by atoms with van der Waals surface area (Å²) in [6, 6.07) is 13.5. The molecular formula is C37H37N4O10S3+. The molecule has 17 heteroatoms. The van der Waals surface area contributed by atoms with Crippen LogP contribution in [0, 0.1) is 41.5 Å². The molecule has 1 heterocycles. The average Bonchev–Trinajstić information content (AvgIpc) is 3.07. The van der Waals surface area contributed by atoms with Crippen LogP contribution in [0.2, 0.25) is 0 Å². The lowest BCUT2D eigenvalue weighted by Crippen LogP contribution is -2.72. The van der Waals surface area contributed by atoms with E-state index < -0.39 is 45.0 Å². The van der Waals surface area contributed by atoms with Gasteiger partial charge >= 0.3 is 10.1 Å². The highest BCUT2D eigenvalue weighted by Crippen LogP contribution is 2.45. The minimum absolute atomic E-state index is 0.0505. The topological polar surface area (TPSA) is 254 Å². The summed E-state index contributed by atoms with van der Waals surface area (Å²) in [5.41, 5.74) is 18.0. The second kappa shape index (κ2) is 13.2. The maximum atomic E-state index is 13.0. The predicted molar refractivity (Wildman–Crippen MR) is 205 cm³/mol. The monoisotopic (exact) mass is 793 g/mol. The van der Waals surface area contributed by atoms with Crippen LogP contribution in [0.1, 0.15) is 33.4 Å². The highest BCUT2D eigenvalue weighted by molar-refractivity contribution is 7.86. The lowest BCUT2D eigenvalue weighted by molar-refractivity contribution is -0.406. The smallest absolute Gasteiger partial charge is 0.301 e. The van der Waals surface area contributed by atoms with Crippen LogP contribution in [-0.2, 0) is 30.4 Å². The minimum atomic E-state index is -5.03. The van der Waals surface area contributed by atoms with Gasteiger partial charge in [-0.1, -0.05) is 24.3 Å². The minimum Gasteiger partial charge on any atom is -0.456 e. The van der Waals surface area contributed by atoms with Gasteiger partial charge in [0.25, 0.3) is 20.2 Å². The third-order valence-corrected chi connectivity index (χ3v) is 12.2. The molecule has 282 valence electrons. The normalized spacial score (nSPS) is 12.9. The molecule has 1 aliphatic carbocycles. The first-order valence-electron chi connectivity index (χ1n) is 16.2. The van der Waals surface area contributed by atoms with E-state index in [1.54, 1.807) is 39.8 Å². The average molecular weight is 794 g/mol. The molecule has 4 aromatic rings. The molecule has 54 heavy (non-hydrogen) atoms. The molecule has 0 atom stereocenters. The number of rotatable bonds is 7. The molecule has 0 bridgehead atoms. The third-order valence-electron chi connectivity index (χ3n) is 9.49. The number of nitrogens with two attached hydrogens (primary N) is 2. The Bertz CT molecular complexity index is 2970. The van der Waals surface area contributed by atoms with Gasteiger partial charge in [0.15, 0.2) is 4.90 Å². The van der Waals surface area contributed by atoms with Gasteiger partial charge in [0.2, 0.25) is 11.0 Å². The molecule has 6 rings (SSSR count). The zero-order valence-corrected chi connectivity index (χ0v) is 32.3. The predicted octanol–water partition coefficient (Wildman–Crippen LogP) is 5.02. The summed E-state index contributed by atoms with van der Waals surface area (Å²) in [6.07, 6.45) is 0.